The second-order valence-corrected chi connectivity index (χ2v) is 7.82. The molecule has 1 fully saturated rings. The van der Waals surface area contributed by atoms with Crippen LogP contribution in [-0.2, 0) is 0 Å². The lowest BCUT2D eigenvalue weighted by Crippen LogP contribution is -2.41. The van der Waals surface area contributed by atoms with Crippen LogP contribution in [0.3, 0.4) is 0 Å². The number of thiophene rings is 1. The Kier molecular flexibility index (Phi) is 5.04. The molecular weight excluding hydrogens is 252 g/mol. The zero-order chi connectivity index (χ0) is 14.0. The highest BCUT2D eigenvalue weighted by atomic mass is 32.1. The molecule has 2 nitrogen and oxygen atoms in total. The standard InChI is InChI=1S/C16H28N2S/c1-11(2)10-18-8-6-5-7-15(17)16(18)14-9-12(3)19-13(14)4/h9,11,15-16H,5-8,10,17H2,1-4H3. The summed E-state index contributed by atoms with van der Waals surface area (Å²) in [5.41, 5.74) is 8.00. The monoisotopic (exact) mass is 280 g/mol. The zero-order valence-corrected chi connectivity index (χ0v) is 13.6. The number of nitrogens with two attached hydrogens (primary N) is 1. The molecule has 1 aromatic heterocycles. The van der Waals surface area contributed by atoms with E-state index in [-0.39, 0.29) is 6.04 Å². The van der Waals surface area contributed by atoms with Crippen molar-refractivity contribution in [3.63, 3.8) is 0 Å². The Balaban J connectivity index is 2.31. The summed E-state index contributed by atoms with van der Waals surface area (Å²) < 4.78 is 0. The van der Waals surface area contributed by atoms with E-state index in [1.165, 1.54) is 34.7 Å². The van der Waals surface area contributed by atoms with Crippen LogP contribution in [0, 0.1) is 19.8 Å². The molecule has 2 heterocycles. The molecule has 2 atom stereocenters. The third-order valence-corrected chi connectivity index (χ3v) is 5.01. The largest absolute Gasteiger partial charge is 0.326 e. The van der Waals surface area contributed by atoms with E-state index in [1.807, 2.05) is 11.3 Å². The van der Waals surface area contributed by atoms with E-state index < -0.39 is 0 Å². The Morgan fingerprint density at radius 3 is 2.68 bits per heavy atom. The predicted octanol–water partition coefficient (Wildman–Crippen LogP) is 3.88. The van der Waals surface area contributed by atoms with Crippen LogP contribution in [0.1, 0.15) is 54.5 Å². The fraction of sp³-hybridized carbons (Fsp3) is 0.750. The number of likely N-dealkylation sites (tertiary alicyclic amines) is 1. The molecule has 0 radical (unpaired) electrons. The third kappa shape index (κ3) is 3.59. The van der Waals surface area contributed by atoms with Crippen molar-refractivity contribution < 1.29 is 0 Å². The van der Waals surface area contributed by atoms with Gasteiger partial charge in [-0.3, -0.25) is 4.90 Å². The molecule has 2 N–H and O–H groups in total. The van der Waals surface area contributed by atoms with Crippen LogP contribution in [0.25, 0.3) is 0 Å². The molecule has 108 valence electrons. The van der Waals surface area contributed by atoms with Crippen LogP contribution in [0.15, 0.2) is 6.07 Å². The van der Waals surface area contributed by atoms with Crippen LogP contribution in [-0.4, -0.2) is 24.0 Å². The van der Waals surface area contributed by atoms with E-state index in [9.17, 15) is 0 Å². The molecule has 0 saturated carbocycles. The first-order valence-electron chi connectivity index (χ1n) is 7.55. The van der Waals surface area contributed by atoms with E-state index in [0.29, 0.717) is 12.0 Å². The summed E-state index contributed by atoms with van der Waals surface area (Å²) in [5, 5.41) is 0. The first-order chi connectivity index (χ1) is 8.99. The SMILES string of the molecule is Cc1cc(C2C(N)CCCCN2CC(C)C)c(C)s1. The lowest BCUT2D eigenvalue weighted by molar-refractivity contribution is 0.165. The first-order valence-corrected chi connectivity index (χ1v) is 8.37. The normalized spacial score (nSPS) is 25.8. The highest BCUT2D eigenvalue weighted by Gasteiger charge is 2.30. The second-order valence-electron chi connectivity index (χ2n) is 6.36. The van der Waals surface area contributed by atoms with Crippen molar-refractivity contribution in [3.05, 3.63) is 21.4 Å². The minimum atomic E-state index is 0.286. The maximum Gasteiger partial charge on any atom is 0.0510 e. The predicted molar refractivity (Wildman–Crippen MR) is 84.8 cm³/mol. The van der Waals surface area contributed by atoms with Gasteiger partial charge in [-0.15, -0.1) is 11.3 Å². The van der Waals surface area contributed by atoms with Crippen molar-refractivity contribution in [1.29, 1.82) is 0 Å². The Bertz CT molecular complexity index is 411. The molecule has 2 rings (SSSR count). The van der Waals surface area contributed by atoms with E-state index in [2.05, 4.69) is 38.7 Å². The van der Waals surface area contributed by atoms with Gasteiger partial charge in [0.15, 0.2) is 0 Å². The summed E-state index contributed by atoms with van der Waals surface area (Å²) in [6, 6.07) is 3.08. The molecule has 2 unspecified atom stereocenters. The molecule has 1 aliphatic rings. The Morgan fingerprint density at radius 1 is 1.37 bits per heavy atom. The maximum atomic E-state index is 6.52. The van der Waals surface area contributed by atoms with Gasteiger partial charge >= 0.3 is 0 Å². The van der Waals surface area contributed by atoms with Crippen LogP contribution in [0.4, 0.5) is 0 Å². The minimum Gasteiger partial charge on any atom is -0.326 e. The van der Waals surface area contributed by atoms with Crippen LogP contribution in [0.2, 0.25) is 0 Å². The van der Waals surface area contributed by atoms with E-state index in [4.69, 9.17) is 5.73 Å². The molecule has 0 aliphatic carbocycles. The van der Waals surface area contributed by atoms with E-state index in [1.54, 1.807) is 0 Å². The van der Waals surface area contributed by atoms with E-state index >= 15 is 0 Å². The van der Waals surface area contributed by atoms with Crippen molar-refractivity contribution in [2.24, 2.45) is 11.7 Å². The molecule has 0 spiro atoms. The smallest absolute Gasteiger partial charge is 0.0510 e. The summed E-state index contributed by atoms with van der Waals surface area (Å²) in [6.07, 6.45) is 3.72. The second kappa shape index (κ2) is 6.38. The third-order valence-electron chi connectivity index (χ3n) is 4.03. The number of hydrogen-bond acceptors (Lipinski definition) is 3. The van der Waals surface area contributed by atoms with Gasteiger partial charge in [0.2, 0.25) is 0 Å². The Morgan fingerprint density at radius 2 is 2.11 bits per heavy atom. The van der Waals surface area contributed by atoms with Crippen LogP contribution in [0.5, 0.6) is 0 Å². The van der Waals surface area contributed by atoms with Crippen LogP contribution < -0.4 is 5.73 Å². The molecule has 19 heavy (non-hydrogen) atoms. The highest BCUT2D eigenvalue weighted by molar-refractivity contribution is 7.12. The molecular formula is C16H28N2S. The lowest BCUT2D eigenvalue weighted by Gasteiger charge is -2.35. The van der Waals surface area contributed by atoms with Crippen molar-refractivity contribution in [2.75, 3.05) is 13.1 Å². The molecule has 1 aromatic rings. The molecule has 1 aliphatic heterocycles. The number of nitrogens with zero attached hydrogens (tertiary/aromatic N) is 1. The maximum absolute atomic E-state index is 6.52. The summed E-state index contributed by atoms with van der Waals surface area (Å²) >= 11 is 1.91. The van der Waals surface area contributed by atoms with E-state index in [0.717, 1.165) is 13.0 Å². The fourth-order valence-electron chi connectivity index (χ4n) is 3.31. The van der Waals surface area contributed by atoms with Gasteiger partial charge in [0.1, 0.15) is 0 Å². The highest BCUT2D eigenvalue weighted by Crippen LogP contribution is 2.35. The average molecular weight is 280 g/mol. The quantitative estimate of drug-likeness (QED) is 0.910. The average Bonchev–Trinajstić information content (AvgIpc) is 2.53. The van der Waals surface area contributed by atoms with Gasteiger partial charge in [-0.2, -0.15) is 0 Å². The molecule has 0 aromatic carbocycles. The van der Waals surface area contributed by atoms with Gasteiger partial charge < -0.3 is 5.73 Å². The summed E-state index contributed by atoms with van der Waals surface area (Å²) in [6.45, 7) is 11.4. The Hall–Kier alpha value is -0.380. The van der Waals surface area contributed by atoms with Crippen molar-refractivity contribution in [1.82, 2.24) is 4.90 Å². The Labute approximate surface area is 122 Å². The minimum absolute atomic E-state index is 0.286. The zero-order valence-electron chi connectivity index (χ0n) is 12.8. The number of aryl methyl sites for hydroxylation is 2. The molecule has 0 amide bonds. The summed E-state index contributed by atoms with van der Waals surface area (Å²) in [4.78, 5) is 5.50. The molecule has 1 saturated heterocycles. The topological polar surface area (TPSA) is 29.3 Å². The van der Waals surface area contributed by atoms with Gasteiger partial charge in [-0.05, 0) is 50.8 Å². The molecule has 3 heteroatoms. The van der Waals surface area contributed by atoms with Crippen molar-refractivity contribution in [3.8, 4) is 0 Å². The molecule has 0 bridgehead atoms. The lowest BCUT2D eigenvalue weighted by atomic mass is 9.96. The van der Waals surface area contributed by atoms with Crippen molar-refractivity contribution >= 4 is 11.3 Å². The van der Waals surface area contributed by atoms with Gasteiger partial charge in [-0.1, -0.05) is 20.3 Å². The van der Waals surface area contributed by atoms with Gasteiger partial charge in [-0.25, -0.2) is 0 Å². The fourth-order valence-corrected chi connectivity index (χ4v) is 4.27. The number of rotatable bonds is 3. The summed E-state index contributed by atoms with van der Waals surface area (Å²) in [7, 11) is 0. The van der Waals surface area contributed by atoms with Gasteiger partial charge in [0, 0.05) is 22.3 Å². The van der Waals surface area contributed by atoms with Gasteiger partial charge in [0.05, 0.1) is 6.04 Å². The summed E-state index contributed by atoms with van der Waals surface area (Å²) in [5.74, 6) is 0.702. The number of hydrogen-bond donors (Lipinski definition) is 1. The van der Waals surface area contributed by atoms with Gasteiger partial charge in [0.25, 0.3) is 0 Å². The first kappa shape index (κ1) is 15.0. The van der Waals surface area contributed by atoms with Crippen molar-refractivity contribution in [2.45, 2.75) is 59.0 Å². The van der Waals surface area contributed by atoms with Crippen LogP contribution >= 0.6 is 11.3 Å².